The summed E-state index contributed by atoms with van der Waals surface area (Å²) in [5.41, 5.74) is 0. The van der Waals surface area contributed by atoms with Gasteiger partial charge in [-0.1, -0.05) is 107 Å². The Morgan fingerprint density at radius 1 is 0.879 bits per heavy atom. The molecular formula is C45H76O19P2. The second kappa shape index (κ2) is 32.4. The number of hydrogen-bond acceptors (Lipinski definition) is 16. The van der Waals surface area contributed by atoms with Crippen molar-refractivity contribution in [2.75, 3.05) is 13.2 Å². The summed E-state index contributed by atoms with van der Waals surface area (Å²) in [6.07, 6.45) is 3.57. The summed E-state index contributed by atoms with van der Waals surface area (Å²) in [6.45, 7) is 2.44. The largest absolute Gasteiger partial charge is 0.472 e. The molecule has 0 aromatic rings. The molecule has 0 saturated heterocycles. The van der Waals surface area contributed by atoms with E-state index in [1.165, 1.54) is 6.08 Å². The molecule has 1 fully saturated rings. The first-order valence-corrected chi connectivity index (χ1v) is 26.3. The van der Waals surface area contributed by atoms with Gasteiger partial charge in [-0.3, -0.25) is 28.0 Å². The molecule has 380 valence electrons. The number of ether oxygens (including phenoxy) is 2. The number of cyclic esters (lactones) is 1. The van der Waals surface area contributed by atoms with Crippen LogP contribution in [-0.2, 0) is 46.6 Å². The number of Topliss-reactive ketones (excluding diaryl/α,β-unsaturated/α-hetero) is 1. The third-order valence-corrected chi connectivity index (χ3v) is 12.7. The van der Waals surface area contributed by atoms with E-state index in [-0.39, 0.29) is 38.5 Å². The highest BCUT2D eigenvalue weighted by Crippen LogP contribution is 2.49. The minimum atomic E-state index is -5.79. The van der Waals surface area contributed by atoms with Gasteiger partial charge in [0.15, 0.2) is 6.10 Å². The Balaban J connectivity index is 2.43. The molecule has 0 radical (unpaired) electrons. The SMILES string of the molecule is CCC/C=C\C/C=C\CCCCCCCC(=O)O[C@@H]1COC(=O)CCC/C=C\C[C@H]2C(=O)C[C@@H](O)[C@H](/C=C/[C@@H](O)CCCCC)[C@@H](O)[C@@H](OP(=O)(O)O)[C@@H](OP(=O)(O)OC1)[C@H](O)[C@@H](O)[C@@H]2O. The van der Waals surface area contributed by atoms with Gasteiger partial charge in [-0.05, 0) is 57.8 Å². The maximum Gasteiger partial charge on any atom is 0.472 e. The van der Waals surface area contributed by atoms with Crippen LogP contribution in [-0.4, -0.2) is 131 Å². The second-order valence-corrected chi connectivity index (χ2v) is 19.5. The third kappa shape index (κ3) is 24.2. The predicted molar refractivity (Wildman–Crippen MR) is 242 cm³/mol. The summed E-state index contributed by atoms with van der Waals surface area (Å²) in [6, 6.07) is 0. The number of unbranched alkanes of at least 4 members (excludes halogenated alkanes) is 8. The van der Waals surface area contributed by atoms with E-state index >= 15 is 0 Å². The molecule has 2 aliphatic rings. The van der Waals surface area contributed by atoms with Crippen LogP contribution in [0.3, 0.4) is 0 Å². The molecule has 1 unspecified atom stereocenters. The van der Waals surface area contributed by atoms with E-state index in [2.05, 4.69) is 31.2 Å². The number of hydrogen-bond donors (Lipinski definition) is 9. The number of phosphoric acid groups is 2. The minimum Gasteiger partial charge on any atom is -0.462 e. The van der Waals surface area contributed by atoms with Gasteiger partial charge in [-0.25, -0.2) is 9.13 Å². The highest BCUT2D eigenvalue weighted by molar-refractivity contribution is 7.47. The van der Waals surface area contributed by atoms with E-state index in [0.29, 0.717) is 19.3 Å². The van der Waals surface area contributed by atoms with Crippen LogP contribution >= 0.6 is 15.6 Å². The molecule has 19 nitrogen and oxygen atoms in total. The van der Waals surface area contributed by atoms with Gasteiger partial charge in [0.2, 0.25) is 0 Å². The first kappa shape index (κ1) is 59.7. The number of carbonyl (C=O) groups excluding carboxylic acids is 3. The fourth-order valence-electron chi connectivity index (χ4n) is 7.47. The Labute approximate surface area is 388 Å². The summed E-state index contributed by atoms with van der Waals surface area (Å²) < 4.78 is 52.0. The van der Waals surface area contributed by atoms with Crippen LogP contribution in [0, 0.1) is 11.8 Å². The minimum absolute atomic E-state index is 0.0530. The Morgan fingerprint density at radius 3 is 2.27 bits per heavy atom. The summed E-state index contributed by atoms with van der Waals surface area (Å²) in [4.78, 5) is 70.3. The lowest BCUT2D eigenvalue weighted by Crippen LogP contribution is -2.56. The zero-order valence-corrected chi connectivity index (χ0v) is 40.1. The van der Waals surface area contributed by atoms with Crippen LogP contribution in [0.1, 0.15) is 136 Å². The van der Waals surface area contributed by atoms with E-state index in [1.807, 2.05) is 6.92 Å². The van der Waals surface area contributed by atoms with Gasteiger partial charge in [0, 0.05) is 31.1 Å². The molecule has 21 heteroatoms. The molecule has 0 aromatic carbocycles. The monoisotopic (exact) mass is 982 g/mol. The molecule has 2 bridgehead atoms. The van der Waals surface area contributed by atoms with Gasteiger partial charge in [0.25, 0.3) is 0 Å². The van der Waals surface area contributed by atoms with E-state index in [0.717, 1.165) is 69.9 Å². The molecule has 66 heavy (non-hydrogen) atoms. The van der Waals surface area contributed by atoms with Crippen molar-refractivity contribution in [1.82, 2.24) is 0 Å². The molecular weight excluding hydrogens is 906 g/mol. The average molecular weight is 983 g/mol. The highest BCUT2D eigenvalue weighted by atomic mass is 31.2. The van der Waals surface area contributed by atoms with Gasteiger partial charge in [-0.2, -0.15) is 0 Å². The number of allylic oxidation sites excluding steroid dienone is 6. The number of carbonyl (C=O) groups is 3. The summed E-state index contributed by atoms with van der Waals surface area (Å²) in [7, 11) is -11.5. The molecule has 0 aromatic heterocycles. The van der Waals surface area contributed by atoms with Crippen LogP contribution in [0.2, 0.25) is 0 Å². The van der Waals surface area contributed by atoms with Crippen molar-refractivity contribution < 1.29 is 91.9 Å². The van der Waals surface area contributed by atoms with Crippen LogP contribution in [0.4, 0.5) is 0 Å². The molecule has 0 amide bonds. The normalized spacial score (nSPS) is 31.6. The molecule has 1 saturated carbocycles. The molecule has 9 N–H and O–H groups in total. The molecule has 1 heterocycles. The zero-order chi connectivity index (χ0) is 49.1. The number of aliphatic hydroxyl groups excluding tert-OH is 6. The highest BCUT2D eigenvalue weighted by Gasteiger charge is 2.51. The lowest BCUT2D eigenvalue weighted by atomic mass is 9.84. The lowest BCUT2D eigenvalue weighted by molar-refractivity contribution is -0.164. The van der Waals surface area contributed by atoms with Crippen molar-refractivity contribution in [1.29, 1.82) is 0 Å². The van der Waals surface area contributed by atoms with Crippen molar-refractivity contribution in [3.63, 3.8) is 0 Å². The molecule has 2 rings (SSSR count). The lowest BCUT2D eigenvalue weighted by Gasteiger charge is -2.38. The number of esters is 2. The molecule has 1 aliphatic carbocycles. The van der Waals surface area contributed by atoms with Crippen LogP contribution in [0.25, 0.3) is 0 Å². The van der Waals surface area contributed by atoms with Crippen LogP contribution in [0.15, 0.2) is 48.6 Å². The standard InChI is InChI=1S/C45H76O19P2/c1-3-5-7-8-9-10-11-12-13-14-15-16-22-26-39(50)62-33-30-60-38(49)25-21-18-17-20-24-34-36(47)29-37(48)35(28-27-32(46)23-19-6-4-2)41(52)44(63-65(55,56)57)45(43(54)42(53)40(34)51)64-66(58,59)61-31-33/h7-8,10-11,17,20,27-28,32-35,37,40-46,48,51-54H,3-6,9,12-16,18-19,21-26,29-31H2,1-2H3,(H,58,59)(H2,55,56,57)/b8-7-,11-10-,20-17-,28-27+/t32-,33+,34-,35-,37+,40+,41+,42-,43+,44+,45-/m0/s1. The van der Waals surface area contributed by atoms with Crippen LogP contribution < -0.4 is 0 Å². The smallest absolute Gasteiger partial charge is 0.462 e. The Hall–Kier alpha value is -2.45. The number of rotatable bonds is 21. The predicted octanol–water partition coefficient (Wildman–Crippen LogP) is 5.09. The van der Waals surface area contributed by atoms with Gasteiger partial charge in [0.1, 0.15) is 36.8 Å². The number of phosphoric ester groups is 2. The number of ketones is 1. The maximum atomic E-state index is 13.7. The second-order valence-electron chi connectivity index (χ2n) is 16.9. The van der Waals surface area contributed by atoms with Crippen molar-refractivity contribution in [2.45, 2.75) is 191 Å². The molecule has 0 spiro atoms. The Bertz CT molecular complexity index is 1630. The first-order chi connectivity index (χ1) is 31.3. The Kier molecular flexibility index (Phi) is 29.3. The van der Waals surface area contributed by atoms with E-state index in [1.54, 1.807) is 6.08 Å². The van der Waals surface area contributed by atoms with Crippen molar-refractivity contribution in [3.8, 4) is 0 Å². The van der Waals surface area contributed by atoms with Gasteiger partial charge in [-0.15, -0.1) is 0 Å². The quantitative estimate of drug-likeness (QED) is 0.0313. The van der Waals surface area contributed by atoms with Gasteiger partial charge >= 0.3 is 27.6 Å². The molecule has 12 atom stereocenters. The topological polar surface area (TPSA) is 314 Å². The van der Waals surface area contributed by atoms with Crippen LogP contribution in [0.5, 0.6) is 0 Å². The van der Waals surface area contributed by atoms with E-state index < -0.39 is 120 Å². The van der Waals surface area contributed by atoms with Crippen molar-refractivity contribution in [3.05, 3.63) is 48.6 Å². The van der Waals surface area contributed by atoms with Gasteiger partial charge < -0.3 is 54.8 Å². The fraction of sp³-hybridized carbons (Fsp3) is 0.756. The first-order valence-electron chi connectivity index (χ1n) is 23.3. The Morgan fingerprint density at radius 2 is 1.58 bits per heavy atom. The summed E-state index contributed by atoms with van der Waals surface area (Å²) in [5, 5.41) is 68.1. The molecule has 1 aliphatic heterocycles. The number of fused-ring (bicyclic) bond motifs is 4. The van der Waals surface area contributed by atoms with E-state index in [4.69, 9.17) is 23.0 Å². The number of aliphatic hydroxyl groups is 6. The summed E-state index contributed by atoms with van der Waals surface area (Å²) in [5.74, 6) is -5.71. The zero-order valence-electron chi connectivity index (χ0n) is 38.3. The third-order valence-electron chi connectivity index (χ3n) is 11.2. The average Bonchev–Trinajstić information content (AvgIpc) is 3.25. The maximum absolute atomic E-state index is 13.7. The van der Waals surface area contributed by atoms with Crippen molar-refractivity contribution in [2.24, 2.45) is 11.8 Å². The summed E-state index contributed by atoms with van der Waals surface area (Å²) >= 11 is 0. The van der Waals surface area contributed by atoms with Gasteiger partial charge in [0.05, 0.1) is 31.0 Å². The van der Waals surface area contributed by atoms with Crippen molar-refractivity contribution >= 4 is 33.4 Å². The van der Waals surface area contributed by atoms with E-state index in [9.17, 15) is 68.8 Å². The fourth-order valence-corrected chi connectivity index (χ4v) is 9.00.